The Balaban J connectivity index is 2.30. The molecule has 0 atom stereocenters. The van der Waals surface area contributed by atoms with E-state index in [1.54, 1.807) is 12.1 Å². The molecule has 0 radical (unpaired) electrons. The highest BCUT2D eigenvalue weighted by molar-refractivity contribution is 5.89. The number of urea groups is 1. The third-order valence-corrected chi connectivity index (χ3v) is 1.16. The van der Waals surface area contributed by atoms with Crippen molar-refractivity contribution in [1.29, 1.82) is 0 Å². The van der Waals surface area contributed by atoms with Gasteiger partial charge in [-0.15, -0.1) is 0 Å². The first-order valence-electron chi connectivity index (χ1n) is 3.48. The van der Waals surface area contributed by atoms with E-state index in [0.29, 0.717) is 0 Å². The van der Waals surface area contributed by atoms with Crippen LogP contribution < -0.4 is 10.6 Å². The van der Waals surface area contributed by atoms with Crippen LogP contribution in [0.5, 0.6) is 0 Å². The first-order chi connectivity index (χ1) is 6.18. The van der Waals surface area contributed by atoms with Crippen LogP contribution in [0.4, 0.5) is 10.7 Å². The molecular weight excluding hydrogens is 176 g/mol. The largest absolute Gasteiger partial charge is 0.480 e. The van der Waals surface area contributed by atoms with E-state index in [4.69, 9.17) is 9.52 Å². The minimum absolute atomic E-state index is 0.267. The summed E-state index contributed by atoms with van der Waals surface area (Å²) in [5.74, 6) is -0.836. The smallest absolute Gasteiger partial charge is 0.323 e. The number of hydrogen-bond acceptors (Lipinski definition) is 3. The molecule has 13 heavy (non-hydrogen) atoms. The zero-order valence-corrected chi connectivity index (χ0v) is 6.61. The van der Waals surface area contributed by atoms with Crippen LogP contribution in [0.25, 0.3) is 0 Å². The number of aliphatic carboxylic acids is 1. The number of anilines is 1. The van der Waals surface area contributed by atoms with Crippen molar-refractivity contribution in [2.24, 2.45) is 0 Å². The summed E-state index contributed by atoms with van der Waals surface area (Å²) in [6, 6.07) is 2.53. The van der Waals surface area contributed by atoms with E-state index < -0.39 is 18.5 Å². The van der Waals surface area contributed by atoms with Gasteiger partial charge in [-0.25, -0.2) is 4.79 Å². The molecule has 3 N–H and O–H groups in total. The van der Waals surface area contributed by atoms with Crippen molar-refractivity contribution in [2.75, 3.05) is 11.9 Å². The molecule has 0 aliphatic carbocycles. The summed E-state index contributed by atoms with van der Waals surface area (Å²) in [6.07, 6.45) is 1.40. The molecule has 0 saturated heterocycles. The van der Waals surface area contributed by atoms with Crippen molar-refractivity contribution in [3.63, 3.8) is 0 Å². The number of carboxylic acids is 1. The quantitative estimate of drug-likeness (QED) is 0.637. The van der Waals surface area contributed by atoms with Crippen molar-refractivity contribution < 1.29 is 19.1 Å². The molecule has 0 saturated carbocycles. The lowest BCUT2D eigenvalue weighted by Crippen LogP contribution is -2.32. The molecule has 6 nitrogen and oxygen atoms in total. The lowest BCUT2D eigenvalue weighted by atomic mass is 10.6. The molecule has 1 aromatic heterocycles. The predicted molar refractivity (Wildman–Crippen MR) is 43.4 cm³/mol. The SMILES string of the molecule is O=C(O)CNC(=O)Nc1ccco1. The molecular formula is C7H8N2O4. The molecule has 0 unspecified atom stereocenters. The first kappa shape index (κ1) is 9.11. The van der Waals surface area contributed by atoms with Crippen molar-refractivity contribution in [1.82, 2.24) is 5.32 Å². The maximum Gasteiger partial charge on any atom is 0.323 e. The first-order valence-corrected chi connectivity index (χ1v) is 3.48. The summed E-state index contributed by atoms with van der Waals surface area (Å²) in [6.45, 7) is -0.424. The van der Waals surface area contributed by atoms with Crippen LogP contribution >= 0.6 is 0 Å². The molecule has 1 rings (SSSR count). The number of carboxylic acid groups (broad SMARTS) is 1. The molecule has 0 aromatic carbocycles. The van der Waals surface area contributed by atoms with Crippen LogP contribution in [-0.2, 0) is 4.79 Å². The van der Waals surface area contributed by atoms with Crippen molar-refractivity contribution in [3.05, 3.63) is 18.4 Å². The average molecular weight is 184 g/mol. The number of furan rings is 1. The van der Waals surface area contributed by atoms with Crippen LogP contribution in [0, 0.1) is 0 Å². The van der Waals surface area contributed by atoms with Gasteiger partial charge in [0.2, 0.25) is 5.88 Å². The Kier molecular flexibility index (Phi) is 2.91. The van der Waals surface area contributed by atoms with Crippen molar-refractivity contribution in [3.8, 4) is 0 Å². The highest BCUT2D eigenvalue weighted by Crippen LogP contribution is 2.05. The summed E-state index contributed by atoms with van der Waals surface area (Å²) in [5, 5.41) is 12.6. The maximum atomic E-state index is 10.9. The number of carbonyl (C=O) groups excluding carboxylic acids is 1. The van der Waals surface area contributed by atoms with Crippen LogP contribution in [0.3, 0.4) is 0 Å². The summed E-state index contributed by atoms with van der Waals surface area (Å²) in [7, 11) is 0. The Morgan fingerprint density at radius 2 is 2.31 bits per heavy atom. The van der Waals surface area contributed by atoms with Crippen LogP contribution in [0.15, 0.2) is 22.8 Å². The van der Waals surface area contributed by atoms with E-state index in [2.05, 4.69) is 10.6 Å². The summed E-state index contributed by atoms with van der Waals surface area (Å²) >= 11 is 0. The van der Waals surface area contributed by atoms with Crippen LogP contribution in [0.2, 0.25) is 0 Å². The summed E-state index contributed by atoms with van der Waals surface area (Å²) in [4.78, 5) is 20.9. The number of hydrogen-bond donors (Lipinski definition) is 3. The summed E-state index contributed by atoms with van der Waals surface area (Å²) < 4.78 is 4.79. The predicted octanol–water partition coefficient (Wildman–Crippen LogP) is 0.486. The Morgan fingerprint density at radius 1 is 1.54 bits per heavy atom. The number of amides is 2. The van der Waals surface area contributed by atoms with E-state index in [0.717, 1.165) is 0 Å². The topological polar surface area (TPSA) is 91.6 Å². The fourth-order valence-corrected chi connectivity index (χ4v) is 0.662. The Labute approximate surface area is 73.5 Å². The van der Waals surface area contributed by atoms with Gasteiger partial charge >= 0.3 is 12.0 Å². The lowest BCUT2D eigenvalue weighted by molar-refractivity contribution is -0.135. The van der Waals surface area contributed by atoms with E-state index in [-0.39, 0.29) is 5.88 Å². The van der Waals surface area contributed by atoms with Gasteiger partial charge in [0.1, 0.15) is 6.54 Å². The molecule has 0 spiro atoms. The van der Waals surface area contributed by atoms with Gasteiger partial charge in [-0.05, 0) is 6.07 Å². The number of carbonyl (C=O) groups is 2. The minimum Gasteiger partial charge on any atom is -0.480 e. The fraction of sp³-hybridized carbons (Fsp3) is 0.143. The highest BCUT2D eigenvalue weighted by Gasteiger charge is 2.04. The Hall–Kier alpha value is -1.98. The minimum atomic E-state index is -1.10. The number of nitrogens with one attached hydrogen (secondary N) is 2. The van der Waals surface area contributed by atoms with Gasteiger partial charge in [-0.1, -0.05) is 0 Å². The number of rotatable bonds is 3. The zero-order chi connectivity index (χ0) is 9.68. The molecule has 1 aromatic rings. The molecule has 2 amide bonds. The zero-order valence-electron chi connectivity index (χ0n) is 6.61. The maximum absolute atomic E-state index is 10.9. The van der Waals surface area contributed by atoms with E-state index in [1.807, 2.05) is 0 Å². The second kappa shape index (κ2) is 4.15. The van der Waals surface area contributed by atoms with Crippen LogP contribution in [-0.4, -0.2) is 23.7 Å². The molecule has 70 valence electrons. The molecule has 0 fully saturated rings. The fourth-order valence-electron chi connectivity index (χ4n) is 0.662. The van der Waals surface area contributed by atoms with Crippen molar-refractivity contribution in [2.45, 2.75) is 0 Å². The Bertz CT molecular complexity index is 293. The van der Waals surface area contributed by atoms with Gasteiger partial charge < -0.3 is 14.8 Å². The van der Waals surface area contributed by atoms with Gasteiger partial charge in [0, 0.05) is 6.07 Å². The molecule has 0 aliphatic heterocycles. The second-order valence-corrected chi connectivity index (χ2v) is 2.18. The van der Waals surface area contributed by atoms with Gasteiger partial charge in [0.15, 0.2) is 0 Å². The van der Waals surface area contributed by atoms with Gasteiger partial charge in [0.05, 0.1) is 6.26 Å². The monoisotopic (exact) mass is 184 g/mol. The summed E-state index contributed by atoms with van der Waals surface area (Å²) in [5.41, 5.74) is 0. The second-order valence-electron chi connectivity index (χ2n) is 2.18. The third kappa shape index (κ3) is 3.28. The van der Waals surface area contributed by atoms with Gasteiger partial charge in [-0.3, -0.25) is 10.1 Å². The third-order valence-electron chi connectivity index (χ3n) is 1.16. The highest BCUT2D eigenvalue weighted by atomic mass is 16.4. The van der Waals surface area contributed by atoms with E-state index in [1.165, 1.54) is 6.26 Å². The van der Waals surface area contributed by atoms with Crippen molar-refractivity contribution >= 4 is 17.9 Å². The lowest BCUT2D eigenvalue weighted by Gasteiger charge is -2.01. The molecule has 6 heteroatoms. The normalized spacial score (nSPS) is 9.23. The van der Waals surface area contributed by atoms with E-state index in [9.17, 15) is 9.59 Å². The molecule has 0 aliphatic rings. The molecule has 0 bridgehead atoms. The van der Waals surface area contributed by atoms with Gasteiger partial charge in [0.25, 0.3) is 0 Å². The average Bonchev–Trinajstić information content (AvgIpc) is 2.53. The Morgan fingerprint density at radius 3 is 2.85 bits per heavy atom. The molecule has 1 heterocycles. The van der Waals surface area contributed by atoms with Crippen LogP contribution in [0.1, 0.15) is 0 Å². The van der Waals surface area contributed by atoms with E-state index >= 15 is 0 Å². The standard InChI is InChI=1S/C7H8N2O4/c10-6(11)4-8-7(12)9-5-2-1-3-13-5/h1-3H,4H2,(H,10,11)(H2,8,9,12). The van der Waals surface area contributed by atoms with Gasteiger partial charge in [-0.2, -0.15) is 0 Å².